The molecule has 26 heavy (non-hydrogen) atoms. The molecule has 3 rings (SSSR count). The lowest BCUT2D eigenvalue weighted by Crippen LogP contribution is -2.48. The largest absolute Gasteiger partial charge is 0.415 e. The van der Waals surface area contributed by atoms with Crippen LogP contribution in [0.15, 0.2) is 52.7 Å². The molecule has 1 saturated heterocycles. The number of nitrogen functional groups attached to an aromatic ring is 2. The molecule has 0 aliphatic carbocycles. The Balaban J connectivity index is 1.73. The normalized spacial score (nSPS) is 15.3. The van der Waals surface area contributed by atoms with Crippen LogP contribution in [-0.4, -0.2) is 49.1 Å². The number of piperazine rings is 1. The number of benzene rings is 2. The maximum Gasteiger partial charge on any atom is 0.415 e. The monoisotopic (exact) mass is 354 g/mol. The highest BCUT2D eigenvalue weighted by molar-refractivity contribution is 5.73. The summed E-state index contributed by atoms with van der Waals surface area (Å²) in [5.74, 6) is 0.356. The molecule has 0 atom stereocenters. The average Bonchev–Trinajstić information content (AvgIpc) is 2.62. The highest BCUT2D eigenvalue weighted by atomic mass is 16.6. The number of amides is 1. The first-order valence-corrected chi connectivity index (χ1v) is 8.34. The van der Waals surface area contributed by atoms with Crippen LogP contribution < -0.4 is 16.2 Å². The molecule has 1 heterocycles. The van der Waals surface area contributed by atoms with Gasteiger partial charge in [-0.1, -0.05) is 12.1 Å². The number of anilines is 2. The van der Waals surface area contributed by atoms with Crippen LogP contribution in [0.4, 0.5) is 27.5 Å². The molecule has 8 nitrogen and oxygen atoms in total. The fourth-order valence-electron chi connectivity index (χ4n) is 2.55. The lowest BCUT2D eigenvalue weighted by molar-refractivity contribution is 0.120. The molecule has 0 spiro atoms. The Bertz CT molecular complexity index is 815. The Labute approximate surface area is 152 Å². The number of likely N-dealkylation sites (N-methyl/N-ethyl adjacent to an activating group) is 1. The van der Waals surface area contributed by atoms with Crippen molar-refractivity contribution in [2.45, 2.75) is 0 Å². The molecule has 1 fully saturated rings. The molecule has 0 aromatic heterocycles. The van der Waals surface area contributed by atoms with Gasteiger partial charge in [-0.2, -0.15) is 0 Å². The minimum atomic E-state index is -0.382. The fourth-order valence-corrected chi connectivity index (χ4v) is 2.55. The molecular formula is C18H22N6O2. The quantitative estimate of drug-likeness (QED) is 0.650. The zero-order valence-corrected chi connectivity index (χ0v) is 14.6. The molecule has 0 unspecified atom stereocenters. The number of hydrogen-bond donors (Lipinski definition) is 2. The van der Waals surface area contributed by atoms with E-state index in [-0.39, 0.29) is 6.09 Å². The van der Waals surface area contributed by atoms with E-state index in [4.69, 9.17) is 16.2 Å². The highest BCUT2D eigenvalue weighted by Gasteiger charge is 2.21. The molecule has 2 aromatic carbocycles. The summed E-state index contributed by atoms with van der Waals surface area (Å²) in [5, 5.41) is 8.32. The highest BCUT2D eigenvalue weighted by Crippen LogP contribution is 2.31. The fraction of sp³-hybridized carbons (Fsp3) is 0.278. The Morgan fingerprint density at radius 2 is 1.69 bits per heavy atom. The van der Waals surface area contributed by atoms with Gasteiger partial charge in [0.1, 0.15) is 11.4 Å². The van der Waals surface area contributed by atoms with Gasteiger partial charge in [0.25, 0.3) is 0 Å². The van der Waals surface area contributed by atoms with Gasteiger partial charge in [-0.05, 0) is 37.4 Å². The molecule has 1 aliphatic heterocycles. The second-order valence-electron chi connectivity index (χ2n) is 6.14. The van der Waals surface area contributed by atoms with Gasteiger partial charge in [0.2, 0.25) is 0 Å². The third-order valence-corrected chi connectivity index (χ3v) is 4.14. The molecule has 4 N–H and O–H groups in total. The number of nitrogens with two attached hydrogens (primary N) is 2. The smallest absolute Gasteiger partial charge is 0.408 e. The predicted octanol–water partition coefficient (Wildman–Crippen LogP) is 3.01. The summed E-state index contributed by atoms with van der Waals surface area (Å²) in [4.78, 5) is 16.2. The number of azo groups is 1. The van der Waals surface area contributed by atoms with Crippen molar-refractivity contribution < 1.29 is 9.53 Å². The van der Waals surface area contributed by atoms with Crippen molar-refractivity contribution in [2.24, 2.45) is 10.2 Å². The van der Waals surface area contributed by atoms with Gasteiger partial charge in [0.05, 0.1) is 5.69 Å². The summed E-state index contributed by atoms with van der Waals surface area (Å²) in [7, 11) is 2.03. The van der Waals surface area contributed by atoms with Gasteiger partial charge >= 0.3 is 6.09 Å². The van der Waals surface area contributed by atoms with E-state index in [1.54, 1.807) is 47.4 Å². The van der Waals surface area contributed by atoms with Crippen LogP contribution in [0.25, 0.3) is 0 Å². The Morgan fingerprint density at radius 1 is 1.00 bits per heavy atom. The third-order valence-electron chi connectivity index (χ3n) is 4.14. The second-order valence-corrected chi connectivity index (χ2v) is 6.14. The molecule has 1 amide bonds. The summed E-state index contributed by atoms with van der Waals surface area (Å²) in [6, 6.07) is 12.0. The van der Waals surface area contributed by atoms with Gasteiger partial charge in [0, 0.05) is 31.9 Å². The van der Waals surface area contributed by atoms with E-state index in [1.165, 1.54) is 0 Å². The van der Waals surface area contributed by atoms with Crippen molar-refractivity contribution in [1.29, 1.82) is 0 Å². The Morgan fingerprint density at radius 3 is 2.42 bits per heavy atom. The average molecular weight is 354 g/mol. The first-order valence-electron chi connectivity index (χ1n) is 8.34. The molecule has 0 bridgehead atoms. The van der Waals surface area contributed by atoms with Crippen LogP contribution in [0.1, 0.15) is 0 Å². The molecule has 8 heteroatoms. The zero-order valence-electron chi connectivity index (χ0n) is 14.6. The summed E-state index contributed by atoms with van der Waals surface area (Å²) in [5.41, 5.74) is 13.5. The van der Waals surface area contributed by atoms with Crippen LogP contribution in [0.2, 0.25) is 0 Å². The minimum Gasteiger partial charge on any atom is -0.408 e. The van der Waals surface area contributed by atoms with Crippen LogP contribution in [0.3, 0.4) is 0 Å². The van der Waals surface area contributed by atoms with Crippen LogP contribution in [0.5, 0.6) is 5.75 Å². The van der Waals surface area contributed by atoms with E-state index in [2.05, 4.69) is 15.1 Å². The van der Waals surface area contributed by atoms with Crippen molar-refractivity contribution in [3.8, 4) is 5.75 Å². The number of ether oxygens (including phenoxy) is 1. The van der Waals surface area contributed by atoms with Gasteiger partial charge < -0.3 is 26.0 Å². The van der Waals surface area contributed by atoms with Crippen molar-refractivity contribution in [3.05, 3.63) is 42.5 Å². The standard InChI is InChI=1S/C18H22N6O2/c1-23-8-10-24(11-9-23)18(25)26-17-5-3-2-4-16(17)22-21-15-7-6-13(19)12-14(15)20/h2-7,12H,8-11,19-20H2,1H3/b22-21+. The number of para-hydroxylation sites is 1. The number of hydrogen-bond acceptors (Lipinski definition) is 7. The third kappa shape index (κ3) is 4.28. The van der Waals surface area contributed by atoms with Gasteiger partial charge in [-0.25, -0.2) is 4.79 Å². The second kappa shape index (κ2) is 7.83. The summed E-state index contributed by atoms with van der Waals surface area (Å²) in [6.45, 7) is 2.93. The molecule has 2 aromatic rings. The number of nitrogens with zero attached hydrogens (tertiary/aromatic N) is 4. The lowest BCUT2D eigenvalue weighted by Gasteiger charge is -2.31. The topological polar surface area (TPSA) is 110 Å². The van der Waals surface area contributed by atoms with Gasteiger partial charge in [0.15, 0.2) is 5.75 Å². The van der Waals surface area contributed by atoms with E-state index in [1.807, 2.05) is 7.05 Å². The predicted molar refractivity (Wildman–Crippen MR) is 101 cm³/mol. The van der Waals surface area contributed by atoms with E-state index >= 15 is 0 Å². The number of carbonyl (C=O) groups is 1. The SMILES string of the molecule is CN1CCN(C(=O)Oc2ccccc2/N=N/c2ccc(N)cc2N)CC1. The lowest BCUT2D eigenvalue weighted by atomic mass is 10.2. The first kappa shape index (κ1) is 17.7. The van der Waals surface area contributed by atoms with E-state index in [9.17, 15) is 4.79 Å². The van der Waals surface area contributed by atoms with Crippen LogP contribution in [-0.2, 0) is 0 Å². The minimum absolute atomic E-state index is 0.356. The van der Waals surface area contributed by atoms with Crippen molar-refractivity contribution in [1.82, 2.24) is 9.80 Å². The molecular weight excluding hydrogens is 332 g/mol. The molecule has 0 saturated carbocycles. The number of rotatable bonds is 3. The van der Waals surface area contributed by atoms with E-state index in [0.717, 1.165) is 13.1 Å². The molecule has 1 aliphatic rings. The summed E-state index contributed by atoms with van der Waals surface area (Å²) in [6.07, 6.45) is -0.382. The first-order chi connectivity index (χ1) is 12.5. The summed E-state index contributed by atoms with van der Waals surface area (Å²) >= 11 is 0. The van der Waals surface area contributed by atoms with Crippen LogP contribution in [0, 0.1) is 0 Å². The van der Waals surface area contributed by atoms with Gasteiger partial charge in [-0.3, -0.25) is 0 Å². The summed E-state index contributed by atoms with van der Waals surface area (Å²) < 4.78 is 5.52. The van der Waals surface area contributed by atoms with E-state index in [0.29, 0.717) is 41.6 Å². The van der Waals surface area contributed by atoms with Crippen LogP contribution >= 0.6 is 0 Å². The maximum absolute atomic E-state index is 12.4. The Hall–Kier alpha value is -3.13. The van der Waals surface area contributed by atoms with E-state index < -0.39 is 0 Å². The molecule has 0 radical (unpaired) electrons. The van der Waals surface area contributed by atoms with Crippen molar-refractivity contribution >= 4 is 28.8 Å². The molecule has 136 valence electrons. The van der Waals surface area contributed by atoms with Crippen molar-refractivity contribution in [2.75, 3.05) is 44.7 Å². The Kier molecular flexibility index (Phi) is 5.33. The van der Waals surface area contributed by atoms with Crippen molar-refractivity contribution in [3.63, 3.8) is 0 Å². The zero-order chi connectivity index (χ0) is 18.5. The number of carbonyl (C=O) groups excluding carboxylic acids is 1. The van der Waals surface area contributed by atoms with Gasteiger partial charge in [-0.15, -0.1) is 10.2 Å². The maximum atomic E-state index is 12.4.